The molecule has 1 N–H and O–H groups in total. The Morgan fingerprint density at radius 3 is 2.36 bits per heavy atom. The second-order valence-corrected chi connectivity index (χ2v) is 9.14. The van der Waals surface area contributed by atoms with E-state index in [1.165, 1.54) is 0 Å². The van der Waals surface area contributed by atoms with Gasteiger partial charge in [0.15, 0.2) is 0 Å². The smallest absolute Gasteiger partial charge is 0.213 e. The standard InChI is InChI=1S/C29H28N6O/c1-36-26-14-4-12-24(32-26)28(27(20-8-5-15-30-18-20)21-9-6-16-31-19-21)35-17-7-13-25(35)29-33-22-10-2-3-11-23(22)34-29/h2-6,8-12,14-16,18-19,25,27-28H,7,13,17H2,1H3,(H,33,34). The highest BCUT2D eigenvalue weighted by Crippen LogP contribution is 2.46. The topological polar surface area (TPSA) is 79.8 Å². The quantitative estimate of drug-likeness (QED) is 0.336. The van der Waals surface area contributed by atoms with Crippen molar-refractivity contribution in [2.75, 3.05) is 13.7 Å². The van der Waals surface area contributed by atoms with E-state index >= 15 is 0 Å². The van der Waals surface area contributed by atoms with Crippen LogP contribution in [0.5, 0.6) is 5.88 Å². The Hall–Kier alpha value is -4.10. The van der Waals surface area contributed by atoms with Crippen molar-refractivity contribution in [2.45, 2.75) is 30.8 Å². The minimum atomic E-state index is -0.0748. The molecule has 6 rings (SSSR count). The monoisotopic (exact) mass is 476 g/mol. The second-order valence-electron chi connectivity index (χ2n) is 9.14. The van der Waals surface area contributed by atoms with E-state index in [0.29, 0.717) is 5.88 Å². The summed E-state index contributed by atoms with van der Waals surface area (Å²) in [5.74, 6) is 1.57. The van der Waals surface area contributed by atoms with Gasteiger partial charge >= 0.3 is 0 Å². The lowest BCUT2D eigenvalue weighted by molar-refractivity contribution is 0.156. The number of nitrogens with zero attached hydrogens (tertiary/aromatic N) is 5. The van der Waals surface area contributed by atoms with E-state index in [9.17, 15) is 0 Å². The van der Waals surface area contributed by atoms with Crippen LogP contribution in [0.1, 0.15) is 53.5 Å². The number of imidazole rings is 1. The minimum Gasteiger partial charge on any atom is -0.481 e. The maximum absolute atomic E-state index is 5.54. The van der Waals surface area contributed by atoms with Gasteiger partial charge in [-0.15, -0.1) is 0 Å². The number of ether oxygens (including phenoxy) is 1. The van der Waals surface area contributed by atoms with Crippen LogP contribution in [0.15, 0.2) is 91.5 Å². The molecule has 1 aliphatic rings. The first-order chi connectivity index (χ1) is 17.8. The molecule has 0 radical (unpaired) electrons. The summed E-state index contributed by atoms with van der Waals surface area (Å²) >= 11 is 0. The number of para-hydroxylation sites is 2. The summed E-state index contributed by atoms with van der Waals surface area (Å²) in [6, 6.07) is 22.6. The van der Waals surface area contributed by atoms with Crippen molar-refractivity contribution in [1.82, 2.24) is 29.8 Å². The van der Waals surface area contributed by atoms with Gasteiger partial charge < -0.3 is 9.72 Å². The number of aromatic amines is 1. The van der Waals surface area contributed by atoms with Crippen LogP contribution in [0.4, 0.5) is 0 Å². The zero-order valence-corrected chi connectivity index (χ0v) is 20.2. The van der Waals surface area contributed by atoms with Gasteiger partial charge in [0.2, 0.25) is 5.88 Å². The van der Waals surface area contributed by atoms with Gasteiger partial charge in [-0.1, -0.05) is 30.3 Å². The molecule has 1 aromatic carbocycles. The van der Waals surface area contributed by atoms with Crippen LogP contribution in [0.2, 0.25) is 0 Å². The van der Waals surface area contributed by atoms with Crippen LogP contribution in [0.25, 0.3) is 11.0 Å². The van der Waals surface area contributed by atoms with E-state index in [-0.39, 0.29) is 18.0 Å². The number of H-pyrrole nitrogens is 1. The third kappa shape index (κ3) is 4.22. The van der Waals surface area contributed by atoms with E-state index in [2.05, 4.69) is 50.2 Å². The third-order valence-corrected chi connectivity index (χ3v) is 7.03. The summed E-state index contributed by atoms with van der Waals surface area (Å²) in [6.07, 6.45) is 9.64. The Morgan fingerprint density at radius 2 is 1.67 bits per heavy atom. The highest BCUT2D eigenvalue weighted by molar-refractivity contribution is 5.74. The number of hydrogen-bond donors (Lipinski definition) is 1. The van der Waals surface area contributed by atoms with Crippen LogP contribution in [0, 0.1) is 0 Å². The number of methoxy groups -OCH3 is 1. The molecule has 36 heavy (non-hydrogen) atoms. The first-order valence-electron chi connectivity index (χ1n) is 12.3. The fraction of sp³-hybridized carbons (Fsp3) is 0.241. The van der Waals surface area contributed by atoms with Crippen LogP contribution in [-0.2, 0) is 0 Å². The normalized spacial score (nSPS) is 17.0. The maximum atomic E-state index is 5.54. The fourth-order valence-corrected chi connectivity index (χ4v) is 5.46. The van der Waals surface area contributed by atoms with Gasteiger partial charge in [-0.3, -0.25) is 14.9 Å². The molecule has 0 amide bonds. The number of hydrogen-bond acceptors (Lipinski definition) is 6. The molecular formula is C29H28N6O. The number of nitrogens with one attached hydrogen (secondary N) is 1. The molecule has 4 aromatic heterocycles. The number of likely N-dealkylation sites (tertiary alicyclic amines) is 1. The fourth-order valence-electron chi connectivity index (χ4n) is 5.46. The van der Waals surface area contributed by atoms with E-state index in [4.69, 9.17) is 14.7 Å². The SMILES string of the molecule is COc1cccc(C(C(c2cccnc2)c2cccnc2)N2CCCC2c2nc3ccccc3[nH]2)n1. The van der Waals surface area contributed by atoms with Crippen molar-refractivity contribution >= 4 is 11.0 Å². The van der Waals surface area contributed by atoms with Gasteiger partial charge in [0.1, 0.15) is 5.82 Å². The lowest BCUT2D eigenvalue weighted by atomic mass is 9.83. The average molecular weight is 477 g/mol. The van der Waals surface area contributed by atoms with Gasteiger partial charge in [0.25, 0.3) is 0 Å². The van der Waals surface area contributed by atoms with Gasteiger partial charge in [-0.25, -0.2) is 9.97 Å². The van der Waals surface area contributed by atoms with E-state index in [1.807, 2.05) is 61.2 Å². The van der Waals surface area contributed by atoms with Gasteiger partial charge in [0, 0.05) is 36.8 Å². The van der Waals surface area contributed by atoms with Crippen molar-refractivity contribution in [3.05, 3.63) is 114 Å². The predicted octanol–water partition coefficient (Wildman–Crippen LogP) is 5.47. The lowest BCUT2D eigenvalue weighted by Crippen LogP contribution is -2.34. The number of aromatic nitrogens is 5. The third-order valence-electron chi connectivity index (χ3n) is 7.03. The summed E-state index contributed by atoms with van der Waals surface area (Å²) in [5, 5.41) is 0. The molecule has 0 saturated carbocycles. The summed E-state index contributed by atoms with van der Waals surface area (Å²) < 4.78 is 5.54. The first kappa shape index (κ1) is 22.4. The molecule has 2 atom stereocenters. The molecule has 5 heterocycles. The summed E-state index contributed by atoms with van der Waals surface area (Å²) in [5.41, 5.74) is 5.25. The Kier molecular flexibility index (Phi) is 6.13. The Balaban J connectivity index is 1.52. The summed E-state index contributed by atoms with van der Waals surface area (Å²) in [4.78, 5) is 25.0. The zero-order valence-electron chi connectivity index (χ0n) is 20.2. The molecule has 180 valence electrons. The molecule has 0 spiro atoms. The molecule has 7 nitrogen and oxygen atoms in total. The number of fused-ring (bicyclic) bond motifs is 1. The van der Waals surface area contributed by atoms with Gasteiger partial charge in [-0.2, -0.15) is 0 Å². The van der Waals surface area contributed by atoms with Crippen molar-refractivity contribution in [3.8, 4) is 5.88 Å². The van der Waals surface area contributed by atoms with Crippen molar-refractivity contribution in [2.24, 2.45) is 0 Å². The first-order valence-corrected chi connectivity index (χ1v) is 12.3. The zero-order chi connectivity index (χ0) is 24.3. The van der Waals surface area contributed by atoms with Gasteiger partial charge in [0.05, 0.1) is 35.9 Å². The lowest BCUT2D eigenvalue weighted by Gasteiger charge is -2.37. The van der Waals surface area contributed by atoms with E-state index < -0.39 is 0 Å². The predicted molar refractivity (Wildman–Crippen MR) is 139 cm³/mol. The van der Waals surface area contributed by atoms with Crippen molar-refractivity contribution in [3.63, 3.8) is 0 Å². The molecule has 1 saturated heterocycles. The molecule has 1 aliphatic heterocycles. The molecule has 1 fully saturated rings. The van der Waals surface area contributed by atoms with Crippen LogP contribution < -0.4 is 4.74 Å². The molecule has 0 bridgehead atoms. The Labute approximate surface area is 210 Å². The largest absolute Gasteiger partial charge is 0.481 e. The van der Waals surface area contributed by atoms with Crippen LogP contribution >= 0.6 is 0 Å². The molecule has 5 aromatic rings. The van der Waals surface area contributed by atoms with E-state index in [1.54, 1.807) is 7.11 Å². The second kappa shape index (κ2) is 9.87. The van der Waals surface area contributed by atoms with Gasteiger partial charge in [-0.05, 0) is 60.8 Å². The van der Waals surface area contributed by atoms with Crippen molar-refractivity contribution in [1.29, 1.82) is 0 Å². The maximum Gasteiger partial charge on any atom is 0.213 e. The molecule has 0 aliphatic carbocycles. The van der Waals surface area contributed by atoms with Crippen LogP contribution in [-0.4, -0.2) is 43.5 Å². The number of rotatable bonds is 7. The number of benzene rings is 1. The highest BCUT2D eigenvalue weighted by atomic mass is 16.5. The van der Waals surface area contributed by atoms with Crippen molar-refractivity contribution < 1.29 is 4.74 Å². The minimum absolute atomic E-state index is 0.0306. The summed E-state index contributed by atoms with van der Waals surface area (Å²) in [7, 11) is 1.66. The molecule has 2 unspecified atom stereocenters. The summed E-state index contributed by atoms with van der Waals surface area (Å²) in [6.45, 7) is 0.933. The Morgan fingerprint density at radius 1 is 0.889 bits per heavy atom. The highest BCUT2D eigenvalue weighted by Gasteiger charge is 2.40. The van der Waals surface area contributed by atoms with E-state index in [0.717, 1.165) is 53.1 Å². The number of pyridine rings is 3. The molecule has 7 heteroatoms. The average Bonchev–Trinajstić information content (AvgIpc) is 3.60. The van der Waals surface area contributed by atoms with Crippen LogP contribution in [0.3, 0.4) is 0 Å². The molecular weight excluding hydrogens is 448 g/mol. The Bertz CT molecular complexity index is 1370.